The van der Waals surface area contributed by atoms with E-state index in [-0.39, 0.29) is 18.9 Å². The Morgan fingerprint density at radius 3 is 2.50 bits per heavy atom. The molecule has 1 aliphatic heterocycles. The molecule has 0 bridgehead atoms. The molecule has 1 heterocycles. The molecule has 0 radical (unpaired) electrons. The maximum absolute atomic E-state index is 12.7. The van der Waals surface area contributed by atoms with Gasteiger partial charge < -0.3 is 5.32 Å². The van der Waals surface area contributed by atoms with E-state index < -0.39 is 12.1 Å². The Morgan fingerprint density at radius 1 is 1.22 bits per heavy atom. The Kier molecular flexibility index (Phi) is 3.95. The maximum Gasteiger partial charge on any atom is 0.391 e. The molecule has 0 saturated carbocycles. The van der Waals surface area contributed by atoms with Crippen molar-refractivity contribution >= 4 is 0 Å². The molecule has 2 rings (SSSR count). The molecule has 2 unspecified atom stereocenters. The highest BCUT2D eigenvalue weighted by Crippen LogP contribution is 2.34. The van der Waals surface area contributed by atoms with E-state index in [1.807, 2.05) is 31.2 Å². The second-order valence-electron chi connectivity index (χ2n) is 5.10. The summed E-state index contributed by atoms with van der Waals surface area (Å²) < 4.78 is 38.0. The van der Waals surface area contributed by atoms with Gasteiger partial charge in [-0.15, -0.1) is 0 Å². The Bertz CT molecular complexity index is 383. The summed E-state index contributed by atoms with van der Waals surface area (Å²) in [6.45, 7) is 2.46. The largest absolute Gasteiger partial charge is 0.391 e. The molecular weight excluding hydrogens is 239 g/mol. The fourth-order valence-electron chi connectivity index (χ4n) is 2.47. The van der Waals surface area contributed by atoms with Gasteiger partial charge in [-0.25, -0.2) is 0 Å². The van der Waals surface area contributed by atoms with E-state index in [9.17, 15) is 13.2 Å². The molecule has 1 N–H and O–H groups in total. The van der Waals surface area contributed by atoms with Gasteiger partial charge in [0.2, 0.25) is 0 Å². The van der Waals surface area contributed by atoms with Gasteiger partial charge in [0.1, 0.15) is 0 Å². The summed E-state index contributed by atoms with van der Waals surface area (Å²) in [5.74, 6) is -1.14. The standard InChI is InChI=1S/C14H18F3N/c1-10-2-4-11(5-3-10)8-13-9-12(6-7-18-13)14(15,16)17/h2-5,12-13,18H,6-9H2,1H3. The number of halogens is 3. The van der Waals surface area contributed by atoms with Crippen molar-refractivity contribution in [2.75, 3.05) is 6.54 Å². The zero-order valence-corrected chi connectivity index (χ0v) is 10.4. The summed E-state index contributed by atoms with van der Waals surface area (Å²) in [5.41, 5.74) is 2.27. The summed E-state index contributed by atoms with van der Waals surface area (Å²) in [7, 11) is 0. The van der Waals surface area contributed by atoms with Crippen LogP contribution in [0.15, 0.2) is 24.3 Å². The van der Waals surface area contributed by atoms with Crippen LogP contribution in [0.5, 0.6) is 0 Å². The number of hydrogen-bond donors (Lipinski definition) is 1. The van der Waals surface area contributed by atoms with Crippen molar-refractivity contribution in [1.82, 2.24) is 5.32 Å². The minimum absolute atomic E-state index is 0.0620. The lowest BCUT2D eigenvalue weighted by atomic mass is 9.88. The highest BCUT2D eigenvalue weighted by atomic mass is 19.4. The first-order valence-electron chi connectivity index (χ1n) is 6.31. The third-order valence-corrected chi connectivity index (χ3v) is 3.56. The zero-order chi connectivity index (χ0) is 13.2. The van der Waals surface area contributed by atoms with Gasteiger partial charge in [-0.05, 0) is 38.3 Å². The normalized spacial score (nSPS) is 25.1. The minimum Gasteiger partial charge on any atom is -0.314 e. The lowest BCUT2D eigenvalue weighted by Gasteiger charge is -2.31. The van der Waals surface area contributed by atoms with Crippen LogP contribution in [-0.2, 0) is 6.42 Å². The predicted molar refractivity (Wildman–Crippen MR) is 65.5 cm³/mol. The molecule has 0 spiro atoms. The molecule has 4 heteroatoms. The van der Waals surface area contributed by atoms with Crippen molar-refractivity contribution in [3.63, 3.8) is 0 Å². The first kappa shape index (κ1) is 13.4. The Morgan fingerprint density at radius 2 is 1.89 bits per heavy atom. The van der Waals surface area contributed by atoms with Crippen LogP contribution in [0.25, 0.3) is 0 Å². The number of alkyl halides is 3. The van der Waals surface area contributed by atoms with E-state index in [2.05, 4.69) is 5.32 Å². The van der Waals surface area contributed by atoms with Gasteiger partial charge in [0.15, 0.2) is 0 Å². The lowest BCUT2D eigenvalue weighted by Crippen LogP contribution is -2.43. The fourth-order valence-corrected chi connectivity index (χ4v) is 2.47. The molecule has 1 aliphatic rings. The summed E-state index contributed by atoms with van der Waals surface area (Å²) >= 11 is 0. The third kappa shape index (κ3) is 3.48. The Hall–Kier alpha value is -1.03. The van der Waals surface area contributed by atoms with E-state index in [0.717, 1.165) is 5.56 Å². The highest BCUT2D eigenvalue weighted by molar-refractivity contribution is 5.22. The minimum atomic E-state index is -4.05. The molecule has 0 aromatic heterocycles. The van der Waals surface area contributed by atoms with Crippen LogP contribution in [0, 0.1) is 12.8 Å². The van der Waals surface area contributed by atoms with Gasteiger partial charge in [-0.1, -0.05) is 29.8 Å². The van der Waals surface area contributed by atoms with Crippen molar-refractivity contribution in [2.45, 2.75) is 38.4 Å². The molecule has 1 aromatic rings. The monoisotopic (exact) mass is 257 g/mol. The van der Waals surface area contributed by atoms with Crippen LogP contribution >= 0.6 is 0 Å². The average molecular weight is 257 g/mol. The van der Waals surface area contributed by atoms with Gasteiger partial charge in [0.05, 0.1) is 5.92 Å². The molecule has 0 amide bonds. The number of nitrogens with one attached hydrogen (secondary N) is 1. The molecular formula is C14H18F3N. The van der Waals surface area contributed by atoms with Crippen molar-refractivity contribution < 1.29 is 13.2 Å². The van der Waals surface area contributed by atoms with Crippen LogP contribution in [-0.4, -0.2) is 18.8 Å². The first-order chi connectivity index (χ1) is 8.45. The van der Waals surface area contributed by atoms with Crippen molar-refractivity contribution in [2.24, 2.45) is 5.92 Å². The summed E-state index contributed by atoms with van der Waals surface area (Å²) in [6, 6.07) is 7.93. The van der Waals surface area contributed by atoms with Gasteiger partial charge in [0, 0.05) is 6.04 Å². The van der Waals surface area contributed by atoms with E-state index >= 15 is 0 Å². The number of hydrogen-bond acceptors (Lipinski definition) is 1. The van der Waals surface area contributed by atoms with E-state index in [1.165, 1.54) is 5.56 Å². The highest BCUT2D eigenvalue weighted by Gasteiger charge is 2.41. The molecule has 1 fully saturated rings. The Balaban J connectivity index is 1.95. The van der Waals surface area contributed by atoms with Crippen LogP contribution in [0.1, 0.15) is 24.0 Å². The number of piperidine rings is 1. The lowest BCUT2D eigenvalue weighted by molar-refractivity contribution is -0.183. The van der Waals surface area contributed by atoms with E-state index in [4.69, 9.17) is 0 Å². The molecule has 1 aromatic carbocycles. The van der Waals surface area contributed by atoms with Crippen LogP contribution in [0.4, 0.5) is 13.2 Å². The fraction of sp³-hybridized carbons (Fsp3) is 0.571. The second kappa shape index (κ2) is 5.31. The summed E-state index contributed by atoms with van der Waals surface area (Å²) in [6.07, 6.45) is -2.98. The Labute approximate surface area is 105 Å². The van der Waals surface area contributed by atoms with Gasteiger partial charge in [-0.2, -0.15) is 13.2 Å². The summed E-state index contributed by atoms with van der Waals surface area (Å²) in [5, 5.41) is 3.18. The van der Waals surface area contributed by atoms with Crippen molar-refractivity contribution in [3.05, 3.63) is 35.4 Å². The topological polar surface area (TPSA) is 12.0 Å². The molecule has 1 nitrogen and oxygen atoms in total. The third-order valence-electron chi connectivity index (χ3n) is 3.56. The predicted octanol–water partition coefficient (Wildman–Crippen LogP) is 3.47. The van der Waals surface area contributed by atoms with Gasteiger partial charge >= 0.3 is 6.18 Å². The number of benzene rings is 1. The van der Waals surface area contributed by atoms with Crippen LogP contribution in [0.3, 0.4) is 0 Å². The summed E-state index contributed by atoms with van der Waals surface area (Å²) in [4.78, 5) is 0. The SMILES string of the molecule is Cc1ccc(CC2CC(C(F)(F)F)CCN2)cc1. The van der Waals surface area contributed by atoms with E-state index in [0.29, 0.717) is 13.0 Å². The number of rotatable bonds is 2. The molecule has 100 valence electrons. The molecule has 1 saturated heterocycles. The average Bonchev–Trinajstić information content (AvgIpc) is 2.31. The zero-order valence-electron chi connectivity index (χ0n) is 10.4. The van der Waals surface area contributed by atoms with Crippen LogP contribution < -0.4 is 5.32 Å². The molecule has 18 heavy (non-hydrogen) atoms. The smallest absolute Gasteiger partial charge is 0.314 e. The second-order valence-corrected chi connectivity index (χ2v) is 5.10. The van der Waals surface area contributed by atoms with E-state index in [1.54, 1.807) is 0 Å². The number of aryl methyl sites for hydroxylation is 1. The van der Waals surface area contributed by atoms with Gasteiger partial charge in [0.25, 0.3) is 0 Å². The van der Waals surface area contributed by atoms with Crippen molar-refractivity contribution in [1.29, 1.82) is 0 Å². The quantitative estimate of drug-likeness (QED) is 0.855. The first-order valence-corrected chi connectivity index (χ1v) is 6.31. The van der Waals surface area contributed by atoms with Gasteiger partial charge in [-0.3, -0.25) is 0 Å². The molecule has 0 aliphatic carbocycles. The van der Waals surface area contributed by atoms with Crippen LogP contribution in [0.2, 0.25) is 0 Å². The maximum atomic E-state index is 12.7. The van der Waals surface area contributed by atoms with Crippen molar-refractivity contribution in [3.8, 4) is 0 Å². The molecule has 2 atom stereocenters.